The molecule has 0 bridgehead atoms. The first-order valence-corrected chi connectivity index (χ1v) is 6.96. The average Bonchev–Trinajstić information content (AvgIpc) is 2.90. The second-order valence-corrected chi connectivity index (χ2v) is 5.10. The smallest absolute Gasteiger partial charge is 0.243 e. The minimum Gasteiger partial charge on any atom is -0.497 e. The topological polar surface area (TPSA) is 39.9 Å². The summed E-state index contributed by atoms with van der Waals surface area (Å²) in [7, 11) is 1.63. The Morgan fingerprint density at radius 1 is 0.952 bits per heavy atom. The van der Waals surface area contributed by atoms with Gasteiger partial charge in [-0.3, -0.25) is 0 Å². The molecule has 0 fully saturated rings. The molecule has 21 heavy (non-hydrogen) atoms. The summed E-state index contributed by atoms with van der Waals surface area (Å²) in [5.41, 5.74) is 1.73. The summed E-state index contributed by atoms with van der Waals surface area (Å²) in [4.78, 5) is 4.27. The summed E-state index contributed by atoms with van der Waals surface area (Å²) in [5.74, 6) is 1.43. The Bertz CT molecular complexity index is 752. The molecule has 0 aliphatic rings. The van der Waals surface area contributed by atoms with E-state index < -0.39 is 0 Å². The van der Waals surface area contributed by atoms with Crippen molar-refractivity contribution in [3.05, 3.63) is 58.8 Å². The van der Waals surface area contributed by atoms with Gasteiger partial charge < -0.3 is 4.74 Å². The number of ether oxygens (including phenoxy) is 1. The lowest BCUT2D eigenvalue weighted by atomic mass is 10.2. The van der Waals surface area contributed by atoms with Crippen LogP contribution in [0.15, 0.2) is 48.5 Å². The first-order chi connectivity index (χ1) is 10.2. The van der Waals surface area contributed by atoms with Crippen LogP contribution >= 0.6 is 23.2 Å². The molecule has 0 saturated carbocycles. The molecule has 3 aromatic rings. The van der Waals surface area contributed by atoms with E-state index in [4.69, 9.17) is 27.9 Å². The third-order valence-corrected chi connectivity index (χ3v) is 3.41. The van der Waals surface area contributed by atoms with Crippen LogP contribution in [-0.2, 0) is 0 Å². The molecule has 0 N–H and O–H groups in total. The fraction of sp³-hybridized carbons (Fsp3) is 0.0667. The summed E-state index contributed by atoms with van der Waals surface area (Å²) < 4.78 is 6.84. The van der Waals surface area contributed by atoms with E-state index in [0.717, 1.165) is 17.0 Å². The van der Waals surface area contributed by atoms with Crippen molar-refractivity contribution in [3.63, 3.8) is 0 Å². The molecule has 0 amide bonds. The number of aromatic nitrogens is 3. The van der Waals surface area contributed by atoms with E-state index in [1.165, 1.54) is 0 Å². The molecular weight excluding hydrogens is 309 g/mol. The molecule has 0 unspecified atom stereocenters. The van der Waals surface area contributed by atoms with Crippen molar-refractivity contribution in [1.29, 1.82) is 0 Å². The molecule has 0 aliphatic carbocycles. The highest BCUT2D eigenvalue weighted by atomic mass is 35.5. The predicted octanol–water partition coefficient (Wildman–Crippen LogP) is 4.25. The fourth-order valence-corrected chi connectivity index (χ4v) is 2.26. The second kappa shape index (κ2) is 5.76. The second-order valence-electron chi connectivity index (χ2n) is 4.32. The van der Waals surface area contributed by atoms with Gasteiger partial charge in [0.05, 0.1) is 12.8 Å². The van der Waals surface area contributed by atoms with Gasteiger partial charge in [-0.15, -0.1) is 5.10 Å². The van der Waals surface area contributed by atoms with Crippen molar-refractivity contribution in [3.8, 4) is 22.8 Å². The number of nitrogens with zero attached hydrogens (tertiary/aromatic N) is 3. The van der Waals surface area contributed by atoms with Crippen LogP contribution in [0.2, 0.25) is 10.3 Å². The Kier molecular flexibility index (Phi) is 3.82. The molecule has 6 heteroatoms. The maximum atomic E-state index is 5.96. The van der Waals surface area contributed by atoms with Gasteiger partial charge in [-0.1, -0.05) is 11.6 Å². The molecular formula is C15H11Cl2N3O. The number of methoxy groups -OCH3 is 1. The molecule has 0 atom stereocenters. The highest BCUT2D eigenvalue weighted by molar-refractivity contribution is 6.30. The molecule has 4 nitrogen and oxygen atoms in total. The maximum Gasteiger partial charge on any atom is 0.243 e. The minimum atomic E-state index is 0.191. The normalized spacial score (nSPS) is 10.6. The lowest BCUT2D eigenvalue weighted by Crippen LogP contribution is -1.99. The van der Waals surface area contributed by atoms with Gasteiger partial charge in [-0.25, -0.2) is 4.68 Å². The first-order valence-electron chi connectivity index (χ1n) is 6.20. The standard InChI is InChI=1S/C15H11Cl2N3O/c1-21-13-8-6-12(7-9-13)20-14(18-15(17)19-20)10-2-4-11(16)5-3-10/h2-9H,1H3. The Morgan fingerprint density at radius 2 is 1.62 bits per heavy atom. The Hall–Kier alpha value is -2.04. The molecule has 0 radical (unpaired) electrons. The molecule has 1 heterocycles. The van der Waals surface area contributed by atoms with Crippen molar-refractivity contribution in [2.75, 3.05) is 7.11 Å². The van der Waals surface area contributed by atoms with E-state index in [2.05, 4.69) is 10.1 Å². The van der Waals surface area contributed by atoms with Crippen LogP contribution in [0.1, 0.15) is 0 Å². The summed E-state index contributed by atoms with van der Waals surface area (Å²) in [5, 5.41) is 5.09. The van der Waals surface area contributed by atoms with E-state index in [0.29, 0.717) is 10.8 Å². The van der Waals surface area contributed by atoms with Crippen LogP contribution in [0.3, 0.4) is 0 Å². The van der Waals surface area contributed by atoms with E-state index in [1.54, 1.807) is 23.9 Å². The molecule has 0 spiro atoms. The third kappa shape index (κ3) is 2.86. The maximum absolute atomic E-state index is 5.96. The number of hydrogen-bond donors (Lipinski definition) is 0. The highest BCUT2D eigenvalue weighted by Gasteiger charge is 2.12. The van der Waals surface area contributed by atoms with E-state index in [1.807, 2.05) is 36.4 Å². The van der Waals surface area contributed by atoms with Crippen molar-refractivity contribution in [2.24, 2.45) is 0 Å². The van der Waals surface area contributed by atoms with Gasteiger partial charge in [0, 0.05) is 10.6 Å². The van der Waals surface area contributed by atoms with Crippen LogP contribution < -0.4 is 4.74 Å². The van der Waals surface area contributed by atoms with Gasteiger partial charge >= 0.3 is 0 Å². The van der Waals surface area contributed by atoms with Crippen LogP contribution in [0.4, 0.5) is 0 Å². The van der Waals surface area contributed by atoms with Crippen molar-refractivity contribution in [1.82, 2.24) is 14.8 Å². The summed E-state index contributed by atoms with van der Waals surface area (Å²) in [6.45, 7) is 0. The molecule has 1 aromatic heterocycles. The van der Waals surface area contributed by atoms with Gasteiger partial charge in [0.15, 0.2) is 5.82 Å². The Labute approximate surface area is 131 Å². The fourth-order valence-electron chi connectivity index (χ4n) is 1.98. The number of halogens is 2. The van der Waals surface area contributed by atoms with Gasteiger partial charge in [0.25, 0.3) is 0 Å². The molecule has 2 aromatic carbocycles. The molecule has 3 rings (SSSR count). The largest absolute Gasteiger partial charge is 0.497 e. The molecule has 0 saturated heterocycles. The lowest BCUT2D eigenvalue weighted by molar-refractivity contribution is 0.414. The average molecular weight is 320 g/mol. The van der Waals surface area contributed by atoms with E-state index >= 15 is 0 Å². The van der Waals surface area contributed by atoms with Crippen LogP contribution in [0.5, 0.6) is 5.75 Å². The minimum absolute atomic E-state index is 0.191. The summed E-state index contributed by atoms with van der Waals surface area (Å²) in [6, 6.07) is 14.9. The number of hydrogen-bond acceptors (Lipinski definition) is 3. The van der Waals surface area contributed by atoms with Crippen LogP contribution in [-0.4, -0.2) is 21.9 Å². The monoisotopic (exact) mass is 319 g/mol. The van der Waals surface area contributed by atoms with Crippen molar-refractivity contribution < 1.29 is 4.74 Å². The van der Waals surface area contributed by atoms with E-state index in [-0.39, 0.29) is 5.28 Å². The quantitative estimate of drug-likeness (QED) is 0.724. The third-order valence-electron chi connectivity index (χ3n) is 3.00. The summed E-state index contributed by atoms with van der Waals surface area (Å²) in [6.07, 6.45) is 0. The lowest BCUT2D eigenvalue weighted by Gasteiger charge is -2.07. The number of rotatable bonds is 3. The van der Waals surface area contributed by atoms with Gasteiger partial charge in [-0.05, 0) is 60.1 Å². The molecule has 106 valence electrons. The van der Waals surface area contributed by atoms with Crippen molar-refractivity contribution in [2.45, 2.75) is 0 Å². The zero-order chi connectivity index (χ0) is 14.8. The molecule has 0 aliphatic heterocycles. The highest BCUT2D eigenvalue weighted by Crippen LogP contribution is 2.25. The predicted molar refractivity (Wildman–Crippen MR) is 83.4 cm³/mol. The van der Waals surface area contributed by atoms with Gasteiger partial charge in [0.2, 0.25) is 5.28 Å². The van der Waals surface area contributed by atoms with Crippen molar-refractivity contribution >= 4 is 23.2 Å². The van der Waals surface area contributed by atoms with Crippen LogP contribution in [0, 0.1) is 0 Å². The van der Waals surface area contributed by atoms with Gasteiger partial charge in [-0.2, -0.15) is 4.98 Å². The number of benzene rings is 2. The first kappa shape index (κ1) is 13.9. The summed E-state index contributed by atoms with van der Waals surface area (Å²) >= 11 is 11.9. The Morgan fingerprint density at radius 3 is 2.24 bits per heavy atom. The zero-order valence-corrected chi connectivity index (χ0v) is 12.6. The Balaban J connectivity index is 2.08. The van der Waals surface area contributed by atoms with Crippen LogP contribution in [0.25, 0.3) is 17.1 Å². The van der Waals surface area contributed by atoms with E-state index in [9.17, 15) is 0 Å². The SMILES string of the molecule is COc1ccc(-n2nc(Cl)nc2-c2ccc(Cl)cc2)cc1. The zero-order valence-electron chi connectivity index (χ0n) is 11.1. The van der Waals surface area contributed by atoms with Gasteiger partial charge in [0.1, 0.15) is 5.75 Å².